The van der Waals surface area contributed by atoms with Crippen molar-refractivity contribution in [3.05, 3.63) is 11.9 Å². The Hall–Kier alpha value is -1.83. The molecule has 20 heavy (non-hydrogen) atoms. The number of hydrogen-bond acceptors (Lipinski definition) is 5. The van der Waals surface area contributed by atoms with Crippen LogP contribution in [0.25, 0.3) is 0 Å². The van der Waals surface area contributed by atoms with Gasteiger partial charge in [-0.1, -0.05) is 27.7 Å². The molecule has 0 bridgehead atoms. The lowest BCUT2D eigenvalue weighted by molar-refractivity contribution is 0.603. The molecule has 0 fully saturated rings. The molecule has 1 aromatic heterocycles. The van der Waals surface area contributed by atoms with E-state index in [9.17, 15) is 0 Å². The SMILES string of the molecule is CNc1ncnc(N(CCC#N)CC(C)C)c1C(C)C. The van der Waals surface area contributed by atoms with Gasteiger partial charge in [0.1, 0.15) is 18.0 Å². The van der Waals surface area contributed by atoms with Gasteiger partial charge < -0.3 is 10.2 Å². The normalized spacial score (nSPS) is 10.7. The molecule has 0 saturated heterocycles. The Bertz CT molecular complexity index is 462. The average Bonchev–Trinajstić information content (AvgIpc) is 2.41. The van der Waals surface area contributed by atoms with E-state index in [1.807, 2.05) is 7.05 Å². The molecule has 1 aromatic rings. The minimum Gasteiger partial charge on any atom is -0.373 e. The number of anilines is 2. The van der Waals surface area contributed by atoms with Gasteiger partial charge in [-0.2, -0.15) is 5.26 Å². The van der Waals surface area contributed by atoms with E-state index < -0.39 is 0 Å². The molecule has 0 spiro atoms. The molecule has 5 heteroatoms. The van der Waals surface area contributed by atoms with Crippen LogP contribution in [0.2, 0.25) is 0 Å². The minimum absolute atomic E-state index is 0.324. The van der Waals surface area contributed by atoms with Crippen LogP contribution < -0.4 is 10.2 Å². The molecule has 0 atom stereocenters. The molecule has 0 amide bonds. The lowest BCUT2D eigenvalue weighted by Gasteiger charge is -2.28. The Morgan fingerprint density at radius 2 is 2.00 bits per heavy atom. The molecule has 0 aliphatic heterocycles. The zero-order valence-corrected chi connectivity index (χ0v) is 13.1. The first kappa shape index (κ1) is 16.2. The largest absolute Gasteiger partial charge is 0.373 e. The number of aromatic nitrogens is 2. The second-order valence-corrected chi connectivity index (χ2v) is 5.61. The highest BCUT2D eigenvalue weighted by Gasteiger charge is 2.19. The lowest BCUT2D eigenvalue weighted by Crippen LogP contribution is -2.31. The smallest absolute Gasteiger partial charge is 0.137 e. The summed E-state index contributed by atoms with van der Waals surface area (Å²) in [6.07, 6.45) is 2.09. The summed E-state index contributed by atoms with van der Waals surface area (Å²) < 4.78 is 0. The van der Waals surface area contributed by atoms with Crippen LogP contribution in [0.15, 0.2) is 6.33 Å². The van der Waals surface area contributed by atoms with E-state index >= 15 is 0 Å². The van der Waals surface area contributed by atoms with Crippen LogP contribution in [0.5, 0.6) is 0 Å². The highest BCUT2D eigenvalue weighted by Crippen LogP contribution is 2.31. The molecular weight excluding hydrogens is 250 g/mol. The Balaban J connectivity index is 3.20. The maximum absolute atomic E-state index is 8.85. The van der Waals surface area contributed by atoms with Gasteiger partial charge in [-0.05, 0) is 11.8 Å². The summed E-state index contributed by atoms with van der Waals surface area (Å²) in [5.41, 5.74) is 1.12. The predicted octanol–water partition coefficient (Wildman–Crippen LogP) is 3.02. The van der Waals surface area contributed by atoms with Gasteiger partial charge in [-0.3, -0.25) is 0 Å². The first-order valence-electron chi connectivity index (χ1n) is 7.15. The molecule has 1 rings (SSSR count). The maximum atomic E-state index is 8.85. The second-order valence-electron chi connectivity index (χ2n) is 5.61. The Labute approximate surface area is 122 Å². The molecule has 1 N–H and O–H groups in total. The third kappa shape index (κ3) is 4.09. The first-order chi connectivity index (χ1) is 9.51. The average molecular weight is 275 g/mol. The molecule has 0 radical (unpaired) electrons. The Kier molecular flexibility index (Phi) is 6.23. The predicted molar refractivity (Wildman–Crippen MR) is 82.9 cm³/mol. The zero-order valence-electron chi connectivity index (χ0n) is 13.1. The summed E-state index contributed by atoms with van der Waals surface area (Å²) in [6.45, 7) is 10.2. The Morgan fingerprint density at radius 1 is 1.30 bits per heavy atom. The van der Waals surface area contributed by atoms with Crippen LogP contribution in [0.1, 0.15) is 45.6 Å². The lowest BCUT2D eigenvalue weighted by atomic mass is 10.0. The van der Waals surface area contributed by atoms with Crippen LogP contribution in [0.4, 0.5) is 11.6 Å². The van der Waals surface area contributed by atoms with Crippen LogP contribution in [-0.2, 0) is 0 Å². The van der Waals surface area contributed by atoms with Crippen LogP contribution >= 0.6 is 0 Å². The van der Waals surface area contributed by atoms with Crippen molar-refractivity contribution < 1.29 is 0 Å². The third-order valence-electron chi connectivity index (χ3n) is 3.06. The van der Waals surface area contributed by atoms with Crippen molar-refractivity contribution in [1.29, 1.82) is 5.26 Å². The fourth-order valence-corrected chi connectivity index (χ4v) is 2.28. The van der Waals surface area contributed by atoms with Gasteiger partial charge in [-0.25, -0.2) is 9.97 Å². The number of nitrogens with zero attached hydrogens (tertiary/aromatic N) is 4. The van der Waals surface area contributed by atoms with E-state index in [1.54, 1.807) is 6.33 Å². The first-order valence-corrected chi connectivity index (χ1v) is 7.15. The van der Waals surface area contributed by atoms with Crippen molar-refractivity contribution in [2.24, 2.45) is 5.92 Å². The summed E-state index contributed by atoms with van der Waals surface area (Å²) in [7, 11) is 1.88. The summed E-state index contributed by atoms with van der Waals surface area (Å²) in [5, 5.41) is 12.0. The minimum atomic E-state index is 0.324. The highest BCUT2D eigenvalue weighted by atomic mass is 15.2. The fraction of sp³-hybridized carbons (Fsp3) is 0.667. The Morgan fingerprint density at radius 3 is 2.50 bits per heavy atom. The molecule has 0 aromatic carbocycles. The number of nitrogens with one attached hydrogen (secondary N) is 1. The zero-order chi connectivity index (χ0) is 15.1. The van der Waals surface area contributed by atoms with Gasteiger partial charge in [0, 0.05) is 25.7 Å². The quantitative estimate of drug-likeness (QED) is 0.828. The van der Waals surface area contributed by atoms with Gasteiger partial charge >= 0.3 is 0 Å². The molecule has 110 valence electrons. The number of nitriles is 1. The van der Waals surface area contributed by atoms with Gasteiger partial charge in [0.2, 0.25) is 0 Å². The maximum Gasteiger partial charge on any atom is 0.137 e. The summed E-state index contributed by atoms with van der Waals surface area (Å²) in [5.74, 6) is 2.66. The summed E-state index contributed by atoms with van der Waals surface area (Å²) >= 11 is 0. The van der Waals surface area contributed by atoms with Gasteiger partial charge in [0.15, 0.2) is 0 Å². The van der Waals surface area contributed by atoms with Crippen molar-refractivity contribution in [1.82, 2.24) is 9.97 Å². The van der Waals surface area contributed by atoms with Crippen molar-refractivity contribution in [3.63, 3.8) is 0 Å². The highest BCUT2D eigenvalue weighted by molar-refractivity contribution is 5.60. The van der Waals surface area contributed by atoms with E-state index in [2.05, 4.69) is 53.9 Å². The van der Waals surface area contributed by atoms with Gasteiger partial charge in [0.25, 0.3) is 0 Å². The molecular formula is C15H25N5. The van der Waals surface area contributed by atoms with Crippen LogP contribution in [0.3, 0.4) is 0 Å². The van der Waals surface area contributed by atoms with Crippen molar-refractivity contribution in [2.45, 2.75) is 40.0 Å². The van der Waals surface area contributed by atoms with Crippen molar-refractivity contribution in [3.8, 4) is 6.07 Å². The molecule has 5 nitrogen and oxygen atoms in total. The second kappa shape index (κ2) is 7.68. The number of hydrogen-bond donors (Lipinski definition) is 1. The summed E-state index contributed by atoms with van der Waals surface area (Å²) in [4.78, 5) is 11.0. The van der Waals surface area contributed by atoms with Crippen LogP contribution in [-0.4, -0.2) is 30.1 Å². The van der Waals surface area contributed by atoms with E-state index in [1.165, 1.54) is 0 Å². The van der Waals surface area contributed by atoms with Gasteiger partial charge in [0.05, 0.1) is 12.5 Å². The van der Waals surface area contributed by atoms with Crippen molar-refractivity contribution in [2.75, 3.05) is 30.4 Å². The van der Waals surface area contributed by atoms with Crippen LogP contribution in [0, 0.1) is 17.2 Å². The topological polar surface area (TPSA) is 64.8 Å². The molecule has 1 heterocycles. The molecule has 0 aliphatic carbocycles. The van der Waals surface area contributed by atoms with E-state index in [-0.39, 0.29) is 0 Å². The fourth-order valence-electron chi connectivity index (χ4n) is 2.28. The molecule has 0 saturated carbocycles. The van der Waals surface area contributed by atoms with E-state index in [0.717, 1.165) is 23.7 Å². The van der Waals surface area contributed by atoms with Crippen molar-refractivity contribution >= 4 is 11.6 Å². The molecule has 0 aliphatic rings. The van der Waals surface area contributed by atoms with E-state index in [4.69, 9.17) is 5.26 Å². The monoisotopic (exact) mass is 275 g/mol. The van der Waals surface area contributed by atoms with E-state index in [0.29, 0.717) is 24.8 Å². The summed E-state index contributed by atoms with van der Waals surface area (Å²) in [6, 6.07) is 2.22. The third-order valence-corrected chi connectivity index (χ3v) is 3.06. The number of rotatable bonds is 7. The molecule has 0 unspecified atom stereocenters. The van der Waals surface area contributed by atoms with Gasteiger partial charge in [-0.15, -0.1) is 0 Å². The standard InChI is InChI=1S/C15H25N5/c1-11(2)9-20(8-6-7-16)15-13(12(3)4)14(17-5)18-10-19-15/h10-12H,6,8-9H2,1-5H3,(H,17,18,19).